The third kappa shape index (κ3) is 3.74. The molecule has 0 bridgehead atoms. The van der Waals surface area contributed by atoms with Gasteiger partial charge in [-0.3, -0.25) is 4.55 Å². The van der Waals surface area contributed by atoms with Crippen LogP contribution in [0.5, 0.6) is 0 Å². The van der Waals surface area contributed by atoms with E-state index in [1.54, 1.807) is 12.1 Å². The first-order valence-electron chi connectivity index (χ1n) is 4.22. The van der Waals surface area contributed by atoms with E-state index in [0.717, 1.165) is 11.1 Å². The molecule has 0 unspecified atom stereocenters. The predicted molar refractivity (Wildman–Crippen MR) is 56.8 cm³/mol. The van der Waals surface area contributed by atoms with Gasteiger partial charge in [-0.15, -0.1) is 0 Å². The van der Waals surface area contributed by atoms with E-state index in [0.29, 0.717) is 6.42 Å². The Kier molecular flexibility index (Phi) is 5.77. The van der Waals surface area contributed by atoms with Crippen molar-refractivity contribution in [1.29, 1.82) is 0 Å². The number of hydrogen-bond donors (Lipinski definition) is 1. The molecule has 0 fully saturated rings. The summed E-state index contributed by atoms with van der Waals surface area (Å²) < 4.78 is 30.5. The smallest absolute Gasteiger partial charge is 1.00 e. The van der Waals surface area contributed by atoms with Gasteiger partial charge in [0.1, 0.15) is 0 Å². The molecule has 1 aromatic rings. The average Bonchev–Trinajstić information content (AvgIpc) is 2.15. The number of rotatable bonds is 3. The Labute approximate surface area is 114 Å². The van der Waals surface area contributed by atoms with Crippen LogP contribution in [0.3, 0.4) is 0 Å². The van der Waals surface area contributed by atoms with E-state index in [1.807, 2.05) is 6.92 Å². The summed E-state index contributed by atoms with van der Waals surface area (Å²) in [5.41, 5.74) is 1.75. The van der Waals surface area contributed by atoms with Gasteiger partial charge in [-0.25, -0.2) is 0 Å². The maximum atomic E-state index is 10.8. The first-order chi connectivity index (χ1) is 6.49. The molecule has 3 nitrogen and oxygen atoms in total. The Balaban J connectivity index is 0. The van der Waals surface area contributed by atoms with Gasteiger partial charge in [0.15, 0.2) is 0 Å². The second-order valence-electron chi connectivity index (χ2n) is 2.89. The molecule has 0 amide bonds. The summed E-state index contributed by atoms with van der Waals surface area (Å²) in [5, 5.41) is 0. The van der Waals surface area contributed by atoms with Crippen LogP contribution in [0, 0.1) is 0 Å². The van der Waals surface area contributed by atoms with E-state index in [1.165, 1.54) is 12.1 Å². The first kappa shape index (κ1) is 14.9. The summed E-state index contributed by atoms with van der Waals surface area (Å²) >= 11 is 0. The van der Waals surface area contributed by atoms with Crippen molar-refractivity contribution in [3.8, 4) is 0 Å². The maximum absolute atomic E-state index is 10.8. The fraction of sp³-hybridized carbons (Fsp3) is 0.200. The molecule has 0 aliphatic carbocycles. The minimum atomic E-state index is -4.09. The largest absolute Gasteiger partial charge is 1.00 e. The molecule has 0 atom stereocenters. The van der Waals surface area contributed by atoms with Crippen molar-refractivity contribution in [3.63, 3.8) is 0 Å². The second kappa shape index (κ2) is 5.82. The molecule has 0 spiro atoms. The van der Waals surface area contributed by atoms with Gasteiger partial charge >= 0.3 is 29.6 Å². The SMILES string of the molecule is C=Cc1ccc(S(=O)(=O)O)cc1CC.[H-].[Na+]. The van der Waals surface area contributed by atoms with Crippen molar-refractivity contribution in [1.82, 2.24) is 0 Å². The zero-order chi connectivity index (χ0) is 10.8. The molecule has 0 aliphatic rings. The minimum Gasteiger partial charge on any atom is -1.00 e. The first-order valence-corrected chi connectivity index (χ1v) is 5.66. The van der Waals surface area contributed by atoms with Crippen LogP contribution < -0.4 is 29.6 Å². The predicted octanol–water partition coefficient (Wildman–Crippen LogP) is -0.745. The van der Waals surface area contributed by atoms with Crippen LogP contribution in [0.25, 0.3) is 6.08 Å². The van der Waals surface area contributed by atoms with Gasteiger partial charge in [0.25, 0.3) is 10.1 Å². The van der Waals surface area contributed by atoms with Crippen molar-refractivity contribution in [3.05, 3.63) is 35.9 Å². The van der Waals surface area contributed by atoms with Crippen molar-refractivity contribution in [2.75, 3.05) is 0 Å². The summed E-state index contributed by atoms with van der Waals surface area (Å²) in [5.74, 6) is 0. The van der Waals surface area contributed by atoms with Crippen LogP contribution in [0.15, 0.2) is 29.7 Å². The number of aryl methyl sites for hydroxylation is 1. The zero-order valence-electron chi connectivity index (χ0n) is 9.90. The van der Waals surface area contributed by atoms with Crippen LogP contribution in [-0.2, 0) is 16.5 Å². The summed E-state index contributed by atoms with van der Waals surface area (Å²) in [6, 6.07) is 4.47. The van der Waals surface area contributed by atoms with Gasteiger partial charge in [0, 0.05) is 0 Å². The fourth-order valence-corrected chi connectivity index (χ4v) is 1.78. The fourth-order valence-electron chi connectivity index (χ4n) is 1.25. The van der Waals surface area contributed by atoms with Crippen LogP contribution in [0.1, 0.15) is 19.5 Å². The van der Waals surface area contributed by atoms with Crippen LogP contribution in [-0.4, -0.2) is 13.0 Å². The average molecular weight is 236 g/mol. The van der Waals surface area contributed by atoms with Crippen LogP contribution in [0.4, 0.5) is 0 Å². The van der Waals surface area contributed by atoms with Gasteiger partial charge in [-0.1, -0.05) is 25.6 Å². The molecule has 15 heavy (non-hydrogen) atoms. The second-order valence-corrected chi connectivity index (χ2v) is 4.31. The van der Waals surface area contributed by atoms with E-state index in [9.17, 15) is 8.42 Å². The molecule has 0 aromatic heterocycles. The topological polar surface area (TPSA) is 54.4 Å². The van der Waals surface area contributed by atoms with E-state index in [-0.39, 0.29) is 35.9 Å². The van der Waals surface area contributed by atoms with Gasteiger partial charge in [0.05, 0.1) is 4.90 Å². The van der Waals surface area contributed by atoms with Crippen molar-refractivity contribution < 1.29 is 44.0 Å². The van der Waals surface area contributed by atoms with Crippen molar-refractivity contribution in [2.24, 2.45) is 0 Å². The molecule has 0 saturated heterocycles. The maximum Gasteiger partial charge on any atom is 1.00 e. The van der Waals surface area contributed by atoms with E-state index in [2.05, 4.69) is 6.58 Å². The molecule has 0 aliphatic heterocycles. The number of benzene rings is 1. The van der Waals surface area contributed by atoms with Crippen LogP contribution in [0.2, 0.25) is 0 Å². The molecule has 1 N–H and O–H groups in total. The van der Waals surface area contributed by atoms with E-state index < -0.39 is 10.1 Å². The quantitative estimate of drug-likeness (QED) is 0.555. The Bertz CT molecular complexity index is 457. The standard InChI is InChI=1S/C10H12O3S.Na.H/c1-3-8-5-6-10(14(11,12)13)7-9(8)4-2;;/h3,5-7H,1,4H2,2H3,(H,11,12,13);;/q;+1;-1. The van der Waals surface area contributed by atoms with Gasteiger partial charge in [-0.2, -0.15) is 8.42 Å². The molecular formula is C10H13NaO3S. The number of hydrogen-bond acceptors (Lipinski definition) is 2. The van der Waals surface area contributed by atoms with Crippen molar-refractivity contribution >= 4 is 16.2 Å². The third-order valence-electron chi connectivity index (χ3n) is 2.01. The molecule has 0 saturated carbocycles. The third-order valence-corrected chi connectivity index (χ3v) is 2.86. The normalized spacial score (nSPS) is 10.5. The molecule has 5 heteroatoms. The summed E-state index contributed by atoms with van der Waals surface area (Å²) in [6.07, 6.45) is 2.36. The van der Waals surface area contributed by atoms with E-state index >= 15 is 0 Å². The van der Waals surface area contributed by atoms with Crippen LogP contribution >= 0.6 is 0 Å². The molecule has 0 radical (unpaired) electrons. The molecular weight excluding hydrogens is 223 g/mol. The van der Waals surface area contributed by atoms with Gasteiger partial charge < -0.3 is 1.43 Å². The summed E-state index contributed by atoms with van der Waals surface area (Å²) in [7, 11) is -4.09. The minimum absolute atomic E-state index is 0. The monoisotopic (exact) mass is 236 g/mol. The molecule has 1 aromatic carbocycles. The van der Waals surface area contributed by atoms with Gasteiger partial charge in [-0.05, 0) is 29.7 Å². The van der Waals surface area contributed by atoms with Gasteiger partial charge in [0.2, 0.25) is 0 Å². The van der Waals surface area contributed by atoms with E-state index in [4.69, 9.17) is 4.55 Å². The van der Waals surface area contributed by atoms with Crippen molar-refractivity contribution in [2.45, 2.75) is 18.2 Å². The Morgan fingerprint density at radius 3 is 2.53 bits per heavy atom. The molecule has 1 rings (SSSR count). The Morgan fingerprint density at radius 2 is 2.13 bits per heavy atom. The summed E-state index contributed by atoms with van der Waals surface area (Å²) in [4.78, 5) is -0.0695. The Hall–Kier alpha value is -0.130. The Morgan fingerprint density at radius 1 is 1.53 bits per heavy atom. The molecule has 0 heterocycles. The molecule has 78 valence electrons. The summed E-state index contributed by atoms with van der Waals surface area (Å²) in [6.45, 7) is 5.53. The zero-order valence-corrected chi connectivity index (χ0v) is 11.7.